The lowest BCUT2D eigenvalue weighted by Crippen LogP contribution is -2.02. The number of para-hydroxylation sites is 1. The topological polar surface area (TPSA) is 48.1 Å². The Labute approximate surface area is 114 Å². The Morgan fingerprint density at radius 2 is 2.00 bits per heavy atom. The highest BCUT2D eigenvalue weighted by atomic mass is 127. The summed E-state index contributed by atoms with van der Waals surface area (Å²) < 4.78 is 6.76. The number of rotatable bonds is 4. The summed E-state index contributed by atoms with van der Waals surface area (Å²) in [6.45, 7) is 0.637. The van der Waals surface area contributed by atoms with Crippen LogP contribution in [0.2, 0.25) is 0 Å². The lowest BCUT2D eigenvalue weighted by atomic mass is 10.2. The molecule has 0 fully saturated rings. The molecule has 0 saturated carbocycles. The largest absolute Gasteiger partial charge is 0.438 e. The van der Waals surface area contributed by atoms with E-state index >= 15 is 0 Å². The maximum absolute atomic E-state index is 5.69. The molecule has 2 aromatic rings. The maximum atomic E-state index is 5.69. The van der Waals surface area contributed by atoms with Crippen molar-refractivity contribution in [2.75, 3.05) is 6.54 Å². The first kappa shape index (κ1) is 12.3. The Bertz CT molecular complexity index is 485. The van der Waals surface area contributed by atoms with Gasteiger partial charge in [0.05, 0.1) is 3.57 Å². The van der Waals surface area contributed by atoms with Crippen LogP contribution in [0.1, 0.15) is 5.56 Å². The van der Waals surface area contributed by atoms with Crippen LogP contribution in [-0.2, 0) is 6.42 Å². The minimum absolute atomic E-state index is 0.606. The van der Waals surface area contributed by atoms with Crippen molar-refractivity contribution in [3.05, 3.63) is 51.7 Å². The Hall–Kier alpha value is -1.14. The van der Waals surface area contributed by atoms with Crippen molar-refractivity contribution < 1.29 is 4.74 Å². The van der Waals surface area contributed by atoms with Crippen molar-refractivity contribution in [1.82, 2.24) is 4.98 Å². The number of hydrogen-bond acceptors (Lipinski definition) is 3. The van der Waals surface area contributed by atoms with Crippen LogP contribution in [-0.4, -0.2) is 11.5 Å². The molecule has 0 aliphatic heterocycles. The highest BCUT2D eigenvalue weighted by Gasteiger charge is 2.02. The van der Waals surface area contributed by atoms with Crippen molar-refractivity contribution in [3.63, 3.8) is 0 Å². The molecule has 0 atom stereocenters. The molecular formula is C13H13IN2O. The number of pyridine rings is 1. The number of aromatic nitrogens is 1. The summed E-state index contributed by atoms with van der Waals surface area (Å²) in [6.07, 6.45) is 2.65. The molecule has 2 N–H and O–H groups in total. The van der Waals surface area contributed by atoms with E-state index in [2.05, 4.69) is 27.6 Å². The first-order valence-corrected chi connectivity index (χ1v) is 6.45. The van der Waals surface area contributed by atoms with Gasteiger partial charge < -0.3 is 10.5 Å². The zero-order chi connectivity index (χ0) is 12.1. The summed E-state index contributed by atoms with van der Waals surface area (Å²) in [6, 6.07) is 11.7. The molecule has 0 unspecified atom stereocenters. The zero-order valence-electron chi connectivity index (χ0n) is 9.27. The van der Waals surface area contributed by atoms with Crippen LogP contribution in [0, 0.1) is 3.57 Å². The predicted octanol–water partition coefficient (Wildman–Crippen LogP) is 2.98. The van der Waals surface area contributed by atoms with Crippen LogP contribution in [0.3, 0.4) is 0 Å². The average molecular weight is 340 g/mol. The van der Waals surface area contributed by atoms with Crippen LogP contribution >= 0.6 is 22.6 Å². The summed E-state index contributed by atoms with van der Waals surface area (Å²) >= 11 is 2.24. The number of halogens is 1. The van der Waals surface area contributed by atoms with Crippen LogP contribution < -0.4 is 10.5 Å². The first-order valence-electron chi connectivity index (χ1n) is 5.37. The van der Waals surface area contributed by atoms with Gasteiger partial charge >= 0.3 is 0 Å². The molecule has 17 heavy (non-hydrogen) atoms. The van der Waals surface area contributed by atoms with E-state index in [-0.39, 0.29) is 0 Å². The molecule has 3 nitrogen and oxygen atoms in total. The predicted molar refractivity (Wildman–Crippen MR) is 76.2 cm³/mol. The van der Waals surface area contributed by atoms with Crippen LogP contribution in [0.25, 0.3) is 0 Å². The van der Waals surface area contributed by atoms with Gasteiger partial charge in [-0.3, -0.25) is 0 Å². The van der Waals surface area contributed by atoms with Crippen molar-refractivity contribution in [2.24, 2.45) is 5.73 Å². The van der Waals surface area contributed by atoms with Gasteiger partial charge in [-0.1, -0.05) is 18.2 Å². The van der Waals surface area contributed by atoms with Crippen molar-refractivity contribution in [1.29, 1.82) is 0 Å². The van der Waals surface area contributed by atoms with E-state index in [1.165, 1.54) is 0 Å². The van der Waals surface area contributed by atoms with Gasteiger partial charge in [-0.05, 0) is 53.3 Å². The highest BCUT2D eigenvalue weighted by molar-refractivity contribution is 14.1. The monoisotopic (exact) mass is 340 g/mol. The second-order valence-electron chi connectivity index (χ2n) is 3.58. The summed E-state index contributed by atoms with van der Waals surface area (Å²) in [5.41, 5.74) is 6.61. The minimum atomic E-state index is 0.606. The lowest BCUT2D eigenvalue weighted by Gasteiger charge is -2.06. The number of nitrogens with zero attached hydrogens (tertiary/aromatic N) is 1. The van der Waals surface area contributed by atoms with E-state index < -0.39 is 0 Å². The quantitative estimate of drug-likeness (QED) is 0.871. The Morgan fingerprint density at radius 1 is 1.18 bits per heavy atom. The Balaban J connectivity index is 2.11. The highest BCUT2D eigenvalue weighted by Crippen LogP contribution is 2.24. The van der Waals surface area contributed by atoms with Crippen LogP contribution in [0.5, 0.6) is 11.6 Å². The molecule has 0 saturated heterocycles. The van der Waals surface area contributed by atoms with E-state index in [1.807, 2.05) is 36.4 Å². The average Bonchev–Trinajstić information content (AvgIpc) is 2.35. The minimum Gasteiger partial charge on any atom is -0.438 e. The maximum Gasteiger partial charge on any atom is 0.219 e. The van der Waals surface area contributed by atoms with E-state index in [0.29, 0.717) is 12.4 Å². The fraction of sp³-hybridized carbons (Fsp3) is 0.154. The molecule has 0 radical (unpaired) electrons. The summed E-state index contributed by atoms with van der Waals surface area (Å²) in [5.74, 6) is 1.43. The van der Waals surface area contributed by atoms with Crippen molar-refractivity contribution in [3.8, 4) is 11.6 Å². The van der Waals surface area contributed by atoms with Gasteiger partial charge in [0, 0.05) is 12.3 Å². The van der Waals surface area contributed by atoms with Crippen molar-refractivity contribution in [2.45, 2.75) is 6.42 Å². The molecule has 0 amide bonds. The number of hydrogen-bond donors (Lipinski definition) is 1. The molecule has 2 rings (SSSR count). The number of benzene rings is 1. The number of ether oxygens (including phenoxy) is 1. The molecule has 0 spiro atoms. The number of nitrogens with two attached hydrogens (primary N) is 1. The molecular weight excluding hydrogens is 327 g/mol. The molecule has 0 aliphatic carbocycles. The van der Waals surface area contributed by atoms with E-state index in [4.69, 9.17) is 10.5 Å². The lowest BCUT2D eigenvalue weighted by molar-refractivity contribution is 0.459. The summed E-state index contributed by atoms with van der Waals surface area (Å²) in [4.78, 5) is 4.25. The normalized spacial score (nSPS) is 10.2. The Kier molecular flexibility index (Phi) is 4.33. The zero-order valence-corrected chi connectivity index (χ0v) is 11.4. The van der Waals surface area contributed by atoms with Gasteiger partial charge in [-0.2, -0.15) is 0 Å². The first-order chi connectivity index (χ1) is 8.29. The SMILES string of the molecule is NCCc1ccc(Oc2ccccc2I)nc1. The van der Waals surface area contributed by atoms with Crippen molar-refractivity contribution >= 4 is 22.6 Å². The molecule has 1 aromatic heterocycles. The van der Waals surface area contributed by atoms with Gasteiger partial charge in [0.2, 0.25) is 5.88 Å². The third-order valence-corrected chi connectivity index (χ3v) is 3.17. The molecule has 1 aromatic carbocycles. The van der Waals surface area contributed by atoms with Gasteiger partial charge in [-0.15, -0.1) is 0 Å². The van der Waals surface area contributed by atoms with E-state index in [9.17, 15) is 0 Å². The smallest absolute Gasteiger partial charge is 0.219 e. The van der Waals surface area contributed by atoms with Gasteiger partial charge in [-0.25, -0.2) is 4.98 Å². The fourth-order valence-electron chi connectivity index (χ4n) is 1.43. The third-order valence-electron chi connectivity index (χ3n) is 2.28. The summed E-state index contributed by atoms with van der Waals surface area (Å²) in [7, 11) is 0. The molecule has 4 heteroatoms. The van der Waals surface area contributed by atoms with Crippen LogP contribution in [0.4, 0.5) is 0 Å². The molecule has 88 valence electrons. The van der Waals surface area contributed by atoms with E-state index in [0.717, 1.165) is 21.3 Å². The standard InChI is InChI=1S/C13H13IN2O/c14-11-3-1-2-4-12(11)17-13-6-5-10(7-8-15)9-16-13/h1-6,9H,7-8,15H2. The van der Waals surface area contributed by atoms with E-state index in [1.54, 1.807) is 6.20 Å². The molecule has 1 heterocycles. The fourth-order valence-corrected chi connectivity index (χ4v) is 1.92. The second kappa shape index (κ2) is 5.97. The molecule has 0 bridgehead atoms. The summed E-state index contributed by atoms with van der Waals surface area (Å²) in [5, 5.41) is 0. The van der Waals surface area contributed by atoms with Crippen LogP contribution in [0.15, 0.2) is 42.6 Å². The second-order valence-corrected chi connectivity index (χ2v) is 4.74. The third kappa shape index (κ3) is 3.41. The molecule has 0 aliphatic rings. The van der Waals surface area contributed by atoms with Gasteiger partial charge in [0.15, 0.2) is 0 Å². The van der Waals surface area contributed by atoms with Gasteiger partial charge in [0.25, 0.3) is 0 Å². The Morgan fingerprint density at radius 3 is 2.65 bits per heavy atom. The van der Waals surface area contributed by atoms with Gasteiger partial charge in [0.1, 0.15) is 5.75 Å².